The van der Waals surface area contributed by atoms with Gasteiger partial charge in [0.25, 0.3) is 17.9 Å². The standard InChI is InChI=1S/C40H28ClF8N9O4S/c1-56-33-28(6-4-25(41)31(33)37(54-56)55-63(2,61)62)58-38(52-36-22(39(58)60)3-5-26(51-36)17-10-20(44)13-21(45)11-17)27(9-16-7-18(42)12-19(43)8-16)50-29(59)15-57-34-30(32(53-57)35(46)47)23-14-24(23)40(34,48)49/h3-8,10-13,23-24,27,35H,9,14-15H2,1-2H3,(H,50,59)(H,54,55)/t23?,24?,27-/m0/s1. The van der Waals surface area contributed by atoms with E-state index < -0.39 is 105 Å². The zero-order chi connectivity index (χ0) is 45.0. The van der Waals surface area contributed by atoms with Gasteiger partial charge in [-0.3, -0.25) is 28.2 Å². The van der Waals surface area contributed by atoms with Gasteiger partial charge in [-0.2, -0.15) is 19.0 Å². The molecule has 0 radical (unpaired) electrons. The number of pyridine rings is 1. The van der Waals surface area contributed by atoms with Gasteiger partial charge in [0.05, 0.1) is 45.0 Å². The van der Waals surface area contributed by atoms with E-state index in [1.165, 1.54) is 36.0 Å². The van der Waals surface area contributed by atoms with Crippen LogP contribution in [0, 0.1) is 29.2 Å². The molecule has 3 aromatic carbocycles. The lowest BCUT2D eigenvalue weighted by atomic mass is 10.0. The molecule has 63 heavy (non-hydrogen) atoms. The number of aromatic nitrogens is 7. The molecule has 4 heterocycles. The number of amides is 1. The number of fused-ring (bicyclic) bond motifs is 5. The second-order valence-electron chi connectivity index (χ2n) is 15.3. The molecule has 2 N–H and O–H groups in total. The number of rotatable bonds is 11. The lowest BCUT2D eigenvalue weighted by Gasteiger charge is -2.24. The van der Waals surface area contributed by atoms with Crippen LogP contribution in [0.2, 0.25) is 5.02 Å². The summed E-state index contributed by atoms with van der Waals surface area (Å²) < 4.78 is 147. The fourth-order valence-electron chi connectivity index (χ4n) is 8.32. The zero-order valence-electron chi connectivity index (χ0n) is 32.3. The van der Waals surface area contributed by atoms with E-state index in [0.717, 1.165) is 35.1 Å². The summed E-state index contributed by atoms with van der Waals surface area (Å²) in [5, 5.41) is 10.3. The summed E-state index contributed by atoms with van der Waals surface area (Å²) in [5.41, 5.74) is -3.68. The van der Waals surface area contributed by atoms with E-state index in [9.17, 15) is 44.3 Å². The summed E-state index contributed by atoms with van der Waals surface area (Å²) in [6, 6.07) is 8.45. The van der Waals surface area contributed by atoms with Gasteiger partial charge in [0.2, 0.25) is 15.9 Å². The maximum Gasteiger partial charge on any atom is 0.293 e. The zero-order valence-corrected chi connectivity index (χ0v) is 33.9. The van der Waals surface area contributed by atoms with Crippen molar-refractivity contribution < 1.29 is 48.3 Å². The van der Waals surface area contributed by atoms with Crippen molar-refractivity contribution in [3.05, 3.63) is 128 Å². The van der Waals surface area contributed by atoms with Crippen molar-refractivity contribution in [3.63, 3.8) is 0 Å². The maximum absolute atomic E-state index is 15.5. The number of hydrogen-bond acceptors (Lipinski definition) is 8. The highest BCUT2D eigenvalue weighted by Crippen LogP contribution is 2.68. The Hall–Kier alpha value is -6.42. The smallest absolute Gasteiger partial charge is 0.293 e. The van der Waals surface area contributed by atoms with E-state index in [0.29, 0.717) is 16.8 Å². The molecule has 1 amide bonds. The summed E-state index contributed by atoms with van der Waals surface area (Å²) in [6.07, 6.45) is -3.00. The predicted octanol–water partition coefficient (Wildman–Crippen LogP) is 7.36. The Labute approximate surface area is 354 Å². The molecule has 4 aromatic heterocycles. The van der Waals surface area contributed by atoms with Crippen LogP contribution in [0.4, 0.5) is 40.9 Å². The van der Waals surface area contributed by atoms with Crippen LogP contribution < -0.4 is 15.6 Å². The average Bonchev–Trinajstić information content (AvgIpc) is 3.72. The molecule has 1 fully saturated rings. The molecule has 0 saturated heterocycles. The summed E-state index contributed by atoms with van der Waals surface area (Å²) in [5.74, 6) is -11.5. The number of hydrogen-bond donors (Lipinski definition) is 2. The molecule has 3 atom stereocenters. The van der Waals surface area contributed by atoms with Crippen molar-refractivity contribution in [2.24, 2.45) is 13.0 Å². The predicted molar refractivity (Wildman–Crippen MR) is 211 cm³/mol. The molecule has 2 aliphatic rings. The van der Waals surface area contributed by atoms with Crippen LogP contribution >= 0.6 is 11.6 Å². The molecular formula is C40H28ClF8N9O4S. The largest absolute Gasteiger partial charge is 0.344 e. The molecule has 7 aromatic rings. The first-order chi connectivity index (χ1) is 29.7. The number of benzene rings is 3. The number of nitrogens with zero attached hydrogens (tertiary/aromatic N) is 7. The molecule has 2 aliphatic carbocycles. The number of carbonyl (C=O) groups excluding carboxylic acids is 1. The number of halogens is 9. The first-order valence-electron chi connectivity index (χ1n) is 18.7. The van der Waals surface area contributed by atoms with Crippen molar-refractivity contribution in [1.82, 2.24) is 39.4 Å². The van der Waals surface area contributed by atoms with Crippen LogP contribution in [0.25, 0.3) is 38.9 Å². The van der Waals surface area contributed by atoms with Crippen molar-refractivity contribution in [1.29, 1.82) is 0 Å². The molecule has 9 rings (SSSR count). The fraction of sp³-hybridized carbons (Fsp3) is 0.250. The molecule has 0 spiro atoms. The van der Waals surface area contributed by atoms with Gasteiger partial charge in [-0.25, -0.2) is 44.7 Å². The number of alkyl halides is 4. The maximum atomic E-state index is 15.5. The normalized spacial score (nSPS) is 17.0. The van der Waals surface area contributed by atoms with Crippen molar-refractivity contribution in [2.45, 2.75) is 43.7 Å². The number of nitrogens with one attached hydrogen (secondary N) is 2. The third-order valence-electron chi connectivity index (χ3n) is 10.8. The Morgan fingerprint density at radius 3 is 2.27 bits per heavy atom. The first-order valence-corrected chi connectivity index (χ1v) is 21.0. The van der Waals surface area contributed by atoms with Gasteiger partial charge >= 0.3 is 0 Å². The molecule has 0 bridgehead atoms. The van der Waals surface area contributed by atoms with E-state index in [2.05, 4.69) is 30.2 Å². The van der Waals surface area contributed by atoms with Crippen LogP contribution in [-0.2, 0) is 40.8 Å². The third-order valence-corrected chi connectivity index (χ3v) is 11.7. The average molecular weight is 918 g/mol. The van der Waals surface area contributed by atoms with E-state index in [4.69, 9.17) is 11.6 Å². The Balaban J connectivity index is 1.26. The summed E-state index contributed by atoms with van der Waals surface area (Å²) in [6.45, 7) is -1.06. The number of aryl methyl sites for hydroxylation is 1. The van der Waals surface area contributed by atoms with Crippen molar-refractivity contribution in [2.75, 3.05) is 11.0 Å². The Morgan fingerprint density at radius 1 is 0.952 bits per heavy atom. The minimum absolute atomic E-state index is 0.00391. The van der Waals surface area contributed by atoms with Gasteiger partial charge in [-0.15, -0.1) is 0 Å². The Kier molecular flexibility index (Phi) is 9.88. The van der Waals surface area contributed by atoms with Crippen molar-refractivity contribution >= 4 is 55.3 Å². The fourth-order valence-corrected chi connectivity index (χ4v) is 9.06. The second kappa shape index (κ2) is 14.9. The molecule has 326 valence electrons. The molecule has 2 unspecified atom stereocenters. The van der Waals surface area contributed by atoms with Gasteiger partial charge < -0.3 is 5.32 Å². The summed E-state index contributed by atoms with van der Waals surface area (Å²) in [7, 11) is -2.57. The quantitative estimate of drug-likeness (QED) is 0.128. The molecule has 0 aliphatic heterocycles. The number of carbonyl (C=O) groups is 1. The molecule has 23 heteroatoms. The van der Waals surface area contributed by atoms with Crippen LogP contribution in [0.1, 0.15) is 53.1 Å². The van der Waals surface area contributed by atoms with Gasteiger partial charge in [-0.1, -0.05) is 11.6 Å². The minimum Gasteiger partial charge on any atom is -0.344 e. The minimum atomic E-state index is -3.96. The lowest BCUT2D eigenvalue weighted by Crippen LogP contribution is -2.38. The topological polar surface area (TPSA) is 159 Å². The highest BCUT2D eigenvalue weighted by atomic mass is 35.5. The van der Waals surface area contributed by atoms with E-state index >= 15 is 8.78 Å². The van der Waals surface area contributed by atoms with Crippen molar-refractivity contribution in [3.8, 4) is 16.9 Å². The van der Waals surface area contributed by atoms with E-state index in [1.807, 2.05) is 0 Å². The first kappa shape index (κ1) is 41.9. The van der Waals surface area contributed by atoms with Crippen LogP contribution in [0.3, 0.4) is 0 Å². The van der Waals surface area contributed by atoms with Crippen LogP contribution in [-0.4, -0.2) is 54.7 Å². The van der Waals surface area contributed by atoms with Crippen LogP contribution in [0.5, 0.6) is 0 Å². The summed E-state index contributed by atoms with van der Waals surface area (Å²) >= 11 is 6.58. The Bertz CT molecular complexity index is 3230. The SMILES string of the molecule is Cn1nc(NS(C)(=O)=O)c2c(Cl)ccc(-n3c([C@H](Cc4cc(F)cc(F)c4)NC(=O)Cn4nc(C(F)F)c5c4C(F)(F)C4CC54)nc4nc(-c5cc(F)cc(F)c5)ccc4c3=O)c21. The molecule has 13 nitrogen and oxygen atoms in total. The second-order valence-corrected chi connectivity index (χ2v) is 17.4. The highest BCUT2D eigenvalue weighted by Gasteiger charge is 2.67. The van der Waals surface area contributed by atoms with Gasteiger partial charge in [0.15, 0.2) is 11.5 Å². The van der Waals surface area contributed by atoms with Gasteiger partial charge in [0, 0.05) is 42.6 Å². The van der Waals surface area contributed by atoms with Gasteiger partial charge in [-0.05, 0) is 66.4 Å². The summed E-state index contributed by atoms with van der Waals surface area (Å²) in [4.78, 5) is 38.0. The Morgan fingerprint density at radius 2 is 1.62 bits per heavy atom. The third kappa shape index (κ3) is 7.43. The number of sulfonamides is 1. The van der Waals surface area contributed by atoms with E-state index in [1.54, 1.807) is 0 Å². The highest BCUT2D eigenvalue weighted by molar-refractivity contribution is 7.92. The lowest BCUT2D eigenvalue weighted by molar-refractivity contribution is -0.123. The van der Waals surface area contributed by atoms with Crippen LogP contribution in [0.15, 0.2) is 65.5 Å². The van der Waals surface area contributed by atoms with E-state index in [-0.39, 0.29) is 67.3 Å². The number of anilines is 1. The van der Waals surface area contributed by atoms with Gasteiger partial charge in [0.1, 0.15) is 47.0 Å². The molecule has 1 saturated carbocycles. The molecular weight excluding hydrogens is 890 g/mol. The monoisotopic (exact) mass is 917 g/mol.